The van der Waals surface area contributed by atoms with Gasteiger partial charge in [-0.05, 0) is 24.3 Å². The molecule has 1 aromatic carbocycles. The van der Waals surface area contributed by atoms with E-state index in [4.69, 9.17) is 4.74 Å². The number of H-pyrrole nitrogens is 1. The molecule has 1 N–H and O–H groups in total. The van der Waals surface area contributed by atoms with E-state index in [0.717, 1.165) is 18.7 Å². The van der Waals surface area contributed by atoms with Crippen molar-refractivity contribution in [3.8, 4) is 11.8 Å². The van der Waals surface area contributed by atoms with E-state index >= 15 is 0 Å². The van der Waals surface area contributed by atoms with Crippen LogP contribution in [-0.4, -0.2) is 51.8 Å². The van der Waals surface area contributed by atoms with Gasteiger partial charge in [-0.1, -0.05) is 17.1 Å². The van der Waals surface area contributed by atoms with Gasteiger partial charge in [0.2, 0.25) is 5.82 Å². The molecule has 1 fully saturated rings. The first-order chi connectivity index (χ1) is 11.5. The predicted octanol–water partition coefficient (Wildman–Crippen LogP) is 1.64. The SMILES string of the molecule is FC(F)(F)c1ccc(C#CCN2CCOC(c3nn[nH]n3)C2)cc1. The van der Waals surface area contributed by atoms with Crippen molar-refractivity contribution in [1.82, 2.24) is 25.5 Å². The smallest absolute Gasteiger partial charge is 0.367 e. The van der Waals surface area contributed by atoms with Crippen LogP contribution >= 0.6 is 0 Å². The minimum Gasteiger partial charge on any atom is -0.367 e. The maximum atomic E-state index is 12.5. The summed E-state index contributed by atoms with van der Waals surface area (Å²) in [7, 11) is 0. The van der Waals surface area contributed by atoms with Crippen molar-refractivity contribution in [3.63, 3.8) is 0 Å². The zero-order valence-corrected chi connectivity index (χ0v) is 12.5. The molecule has 6 nitrogen and oxygen atoms in total. The molecule has 1 unspecified atom stereocenters. The lowest BCUT2D eigenvalue weighted by molar-refractivity contribution is -0.137. The first-order valence-electron chi connectivity index (χ1n) is 7.26. The molecule has 9 heteroatoms. The summed E-state index contributed by atoms with van der Waals surface area (Å²) >= 11 is 0. The molecule has 126 valence electrons. The molecular formula is C15H14F3N5O. The maximum absolute atomic E-state index is 12.5. The molecule has 0 bridgehead atoms. The Hall–Kier alpha value is -2.44. The number of aromatic nitrogens is 4. The molecule has 0 saturated carbocycles. The number of aromatic amines is 1. The highest BCUT2D eigenvalue weighted by Crippen LogP contribution is 2.28. The largest absolute Gasteiger partial charge is 0.416 e. The number of hydrogen-bond acceptors (Lipinski definition) is 5. The molecule has 1 aliphatic rings. The molecule has 0 amide bonds. The zero-order valence-electron chi connectivity index (χ0n) is 12.5. The van der Waals surface area contributed by atoms with Crippen LogP contribution in [0.1, 0.15) is 23.1 Å². The van der Waals surface area contributed by atoms with Crippen LogP contribution in [0.4, 0.5) is 13.2 Å². The van der Waals surface area contributed by atoms with E-state index < -0.39 is 11.7 Å². The monoisotopic (exact) mass is 337 g/mol. The Kier molecular flexibility index (Phi) is 4.78. The Morgan fingerprint density at radius 1 is 1.29 bits per heavy atom. The van der Waals surface area contributed by atoms with Crippen molar-refractivity contribution in [1.29, 1.82) is 0 Å². The van der Waals surface area contributed by atoms with E-state index in [9.17, 15) is 13.2 Å². The molecule has 0 radical (unpaired) electrons. The van der Waals surface area contributed by atoms with Crippen LogP contribution in [0.25, 0.3) is 0 Å². The fourth-order valence-corrected chi connectivity index (χ4v) is 2.30. The van der Waals surface area contributed by atoms with Crippen LogP contribution in [0, 0.1) is 11.8 Å². The van der Waals surface area contributed by atoms with E-state index in [1.165, 1.54) is 12.1 Å². The number of tetrazole rings is 1. The fraction of sp³-hybridized carbons (Fsp3) is 0.400. The van der Waals surface area contributed by atoms with Crippen molar-refractivity contribution in [2.24, 2.45) is 0 Å². The molecule has 0 spiro atoms. The van der Waals surface area contributed by atoms with Crippen LogP contribution in [0.3, 0.4) is 0 Å². The number of nitrogens with zero attached hydrogens (tertiary/aromatic N) is 4. The summed E-state index contributed by atoms with van der Waals surface area (Å²) < 4.78 is 43.1. The number of nitrogens with one attached hydrogen (secondary N) is 1. The lowest BCUT2D eigenvalue weighted by Gasteiger charge is -2.29. The number of ether oxygens (including phenoxy) is 1. The highest BCUT2D eigenvalue weighted by molar-refractivity contribution is 5.37. The van der Waals surface area contributed by atoms with E-state index in [1.54, 1.807) is 0 Å². The van der Waals surface area contributed by atoms with Gasteiger partial charge >= 0.3 is 6.18 Å². The number of hydrogen-bond donors (Lipinski definition) is 1. The summed E-state index contributed by atoms with van der Waals surface area (Å²) in [6.45, 7) is 2.32. The van der Waals surface area contributed by atoms with E-state index in [1.807, 2.05) is 0 Å². The number of halogens is 3. The van der Waals surface area contributed by atoms with Crippen molar-refractivity contribution >= 4 is 0 Å². The Morgan fingerprint density at radius 3 is 2.75 bits per heavy atom. The van der Waals surface area contributed by atoms with Gasteiger partial charge in [-0.25, -0.2) is 0 Å². The Balaban J connectivity index is 1.57. The molecule has 1 aromatic heterocycles. The average Bonchev–Trinajstić information content (AvgIpc) is 3.09. The number of rotatable bonds is 2. The molecule has 1 aliphatic heterocycles. The van der Waals surface area contributed by atoms with Crippen molar-refractivity contribution in [2.75, 3.05) is 26.2 Å². The Morgan fingerprint density at radius 2 is 2.08 bits per heavy atom. The summed E-state index contributed by atoms with van der Waals surface area (Å²) in [5.41, 5.74) is -0.129. The van der Waals surface area contributed by atoms with Gasteiger partial charge in [0.05, 0.1) is 18.7 Å². The molecule has 2 heterocycles. The molecule has 3 rings (SSSR count). The van der Waals surface area contributed by atoms with Crippen LogP contribution in [0.5, 0.6) is 0 Å². The van der Waals surface area contributed by atoms with Gasteiger partial charge in [-0.3, -0.25) is 4.90 Å². The van der Waals surface area contributed by atoms with Gasteiger partial charge in [0.1, 0.15) is 6.10 Å². The third-order valence-electron chi connectivity index (χ3n) is 3.55. The number of benzene rings is 1. The summed E-state index contributed by atoms with van der Waals surface area (Å²) in [5.74, 6) is 6.34. The molecular weight excluding hydrogens is 323 g/mol. The number of morpholine rings is 1. The second kappa shape index (κ2) is 6.98. The molecule has 1 atom stereocenters. The lowest BCUT2D eigenvalue weighted by atomic mass is 10.1. The average molecular weight is 337 g/mol. The van der Waals surface area contributed by atoms with Gasteiger partial charge in [0.25, 0.3) is 0 Å². The third kappa shape index (κ3) is 4.10. The van der Waals surface area contributed by atoms with Crippen molar-refractivity contribution < 1.29 is 17.9 Å². The minimum absolute atomic E-state index is 0.259. The Labute approximate surface area is 136 Å². The van der Waals surface area contributed by atoms with Crippen LogP contribution in [0.15, 0.2) is 24.3 Å². The molecule has 0 aliphatic carbocycles. The Bertz CT molecular complexity index is 718. The van der Waals surface area contributed by atoms with Gasteiger partial charge in [-0.15, -0.1) is 10.2 Å². The maximum Gasteiger partial charge on any atom is 0.416 e. The topological polar surface area (TPSA) is 66.9 Å². The standard InChI is InChI=1S/C15H14F3N5O/c16-15(17,18)12-5-3-11(4-6-12)2-1-7-23-8-9-24-13(10-23)14-19-21-22-20-14/h3-6,13H,7-10H2,(H,19,20,21,22). The minimum atomic E-state index is -4.33. The normalized spacial score (nSPS) is 18.9. The lowest BCUT2D eigenvalue weighted by Crippen LogP contribution is -2.38. The van der Waals surface area contributed by atoms with E-state index in [2.05, 4.69) is 37.4 Å². The first-order valence-corrected chi connectivity index (χ1v) is 7.26. The zero-order chi connectivity index (χ0) is 17.0. The first kappa shape index (κ1) is 16.4. The summed E-state index contributed by atoms with van der Waals surface area (Å²) in [5, 5.41) is 13.7. The predicted molar refractivity (Wildman–Crippen MR) is 77.6 cm³/mol. The van der Waals surface area contributed by atoms with E-state index in [0.29, 0.717) is 31.1 Å². The van der Waals surface area contributed by atoms with Crippen molar-refractivity contribution in [3.05, 3.63) is 41.2 Å². The van der Waals surface area contributed by atoms with Crippen LogP contribution in [-0.2, 0) is 10.9 Å². The second-order valence-electron chi connectivity index (χ2n) is 5.24. The van der Waals surface area contributed by atoms with Gasteiger partial charge in [-0.2, -0.15) is 18.4 Å². The molecule has 1 saturated heterocycles. The fourth-order valence-electron chi connectivity index (χ4n) is 2.30. The second-order valence-corrected chi connectivity index (χ2v) is 5.24. The quantitative estimate of drug-likeness (QED) is 0.844. The highest BCUT2D eigenvalue weighted by atomic mass is 19.4. The van der Waals surface area contributed by atoms with Crippen molar-refractivity contribution in [2.45, 2.75) is 12.3 Å². The summed E-state index contributed by atoms with van der Waals surface area (Å²) in [4.78, 5) is 2.07. The van der Waals surface area contributed by atoms with Gasteiger partial charge < -0.3 is 4.74 Å². The summed E-state index contributed by atoms with van der Waals surface area (Å²) in [6, 6.07) is 4.81. The van der Waals surface area contributed by atoms with E-state index in [-0.39, 0.29) is 6.10 Å². The van der Waals surface area contributed by atoms with Gasteiger partial charge in [0.15, 0.2) is 0 Å². The van der Waals surface area contributed by atoms with Gasteiger partial charge in [0, 0.05) is 18.7 Å². The van der Waals surface area contributed by atoms with Crippen LogP contribution in [0.2, 0.25) is 0 Å². The van der Waals surface area contributed by atoms with Crippen LogP contribution < -0.4 is 0 Å². The molecule has 24 heavy (non-hydrogen) atoms. The number of alkyl halides is 3. The molecule has 2 aromatic rings. The highest BCUT2D eigenvalue weighted by Gasteiger charge is 2.29. The third-order valence-corrected chi connectivity index (χ3v) is 3.55. The summed E-state index contributed by atoms with van der Waals surface area (Å²) in [6.07, 6.45) is -4.59.